The fourth-order valence-electron chi connectivity index (χ4n) is 2.71. The van der Waals surface area contributed by atoms with E-state index in [0.717, 1.165) is 25.7 Å². The number of esters is 2. The topological polar surface area (TPSA) is 43.4 Å². The summed E-state index contributed by atoms with van der Waals surface area (Å²) in [6.45, 7) is 7.91. The van der Waals surface area contributed by atoms with E-state index < -0.39 is 0 Å². The lowest BCUT2D eigenvalue weighted by molar-refractivity contribution is -0.154. The van der Waals surface area contributed by atoms with Gasteiger partial charge in [-0.05, 0) is 24.7 Å². The molecule has 1 aliphatic heterocycles. The summed E-state index contributed by atoms with van der Waals surface area (Å²) in [6, 6.07) is 0. The van der Waals surface area contributed by atoms with E-state index in [1.165, 1.54) is 0 Å². The normalized spacial score (nSPS) is 24.0. The van der Waals surface area contributed by atoms with E-state index in [1.54, 1.807) is 0 Å². The third-order valence-corrected chi connectivity index (χ3v) is 3.61. The molecule has 0 bridgehead atoms. The van der Waals surface area contributed by atoms with Crippen LogP contribution in [0.15, 0.2) is 12.7 Å². The number of carbonyl (C=O) groups excluding carboxylic acids is 2. The lowest BCUT2D eigenvalue weighted by atomic mass is 9.67. The van der Waals surface area contributed by atoms with Crippen molar-refractivity contribution in [3.05, 3.63) is 12.7 Å². The largest absolute Gasteiger partial charge is 0.393 e. The SMILES string of the molecule is C=CCC(CC)(CCC)C1CC(=O)OC1=O. The molecule has 0 spiro atoms. The fraction of sp³-hybridized carbons (Fsp3) is 0.692. The molecule has 0 saturated carbocycles. The van der Waals surface area contributed by atoms with Crippen molar-refractivity contribution in [2.45, 2.75) is 46.0 Å². The minimum absolute atomic E-state index is 0.139. The second-order valence-corrected chi connectivity index (χ2v) is 4.51. The number of carbonyl (C=O) groups is 2. The lowest BCUT2D eigenvalue weighted by Gasteiger charge is -2.35. The van der Waals surface area contributed by atoms with Gasteiger partial charge in [0.25, 0.3) is 0 Å². The molecule has 3 nitrogen and oxygen atoms in total. The van der Waals surface area contributed by atoms with Gasteiger partial charge in [0.15, 0.2) is 0 Å². The summed E-state index contributed by atoms with van der Waals surface area (Å²) in [5.74, 6) is -1.00. The number of allylic oxidation sites excluding steroid dienone is 1. The smallest absolute Gasteiger partial charge is 0.317 e. The van der Waals surface area contributed by atoms with Crippen LogP contribution in [0.1, 0.15) is 46.0 Å². The molecular formula is C13H20O3. The molecule has 0 N–H and O–H groups in total. The average molecular weight is 224 g/mol. The Labute approximate surface area is 96.9 Å². The Morgan fingerprint density at radius 2 is 2.19 bits per heavy atom. The van der Waals surface area contributed by atoms with Gasteiger partial charge in [0.05, 0.1) is 12.3 Å². The van der Waals surface area contributed by atoms with Gasteiger partial charge in [0, 0.05) is 0 Å². The Balaban J connectivity index is 2.94. The molecule has 1 heterocycles. The predicted octanol–water partition coefficient (Wildman–Crippen LogP) is 2.85. The Kier molecular flexibility index (Phi) is 4.27. The van der Waals surface area contributed by atoms with Crippen LogP contribution in [0, 0.1) is 11.3 Å². The van der Waals surface area contributed by atoms with Gasteiger partial charge < -0.3 is 4.74 Å². The Bertz CT molecular complexity index is 296. The van der Waals surface area contributed by atoms with Crippen LogP contribution in [0.2, 0.25) is 0 Å². The first-order valence-corrected chi connectivity index (χ1v) is 5.95. The summed E-state index contributed by atoms with van der Waals surface area (Å²) in [7, 11) is 0. The van der Waals surface area contributed by atoms with Gasteiger partial charge in [-0.3, -0.25) is 9.59 Å². The van der Waals surface area contributed by atoms with Crippen LogP contribution in [0.3, 0.4) is 0 Å². The van der Waals surface area contributed by atoms with E-state index in [9.17, 15) is 9.59 Å². The maximum Gasteiger partial charge on any atom is 0.317 e. The van der Waals surface area contributed by atoms with Crippen LogP contribution in [0.25, 0.3) is 0 Å². The van der Waals surface area contributed by atoms with Gasteiger partial charge in [-0.25, -0.2) is 0 Å². The third-order valence-electron chi connectivity index (χ3n) is 3.61. The molecular weight excluding hydrogens is 204 g/mol. The van der Waals surface area contributed by atoms with Crippen LogP contribution in [0.4, 0.5) is 0 Å². The highest BCUT2D eigenvalue weighted by Gasteiger charge is 2.47. The van der Waals surface area contributed by atoms with Crippen molar-refractivity contribution in [1.82, 2.24) is 0 Å². The molecule has 0 radical (unpaired) electrons. The summed E-state index contributed by atoms with van der Waals surface area (Å²) < 4.78 is 4.66. The molecule has 3 heteroatoms. The zero-order valence-electron chi connectivity index (χ0n) is 10.1. The van der Waals surface area contributed by atoms with Crippen LogP contribution in [-0.4, -0.2) is 11.9 Å². The van der Waals surface area contributed by atoms with Crippen molar-refractivity contribution in [3.63, 3.8) is 0 Å². The van der Waals surface area contributed by atoms with E-state index in [-0.39, 0.29) is 29.7 Å². The van der Waals surface area contributed by atoms with Gasteiger partial charge >= 0.3 is 11.9 Å². The molecule has 0 aromatic carbocycles. The molecule has 90 valence electrons. The molecule has 1 rings (SSSR count). The van der Waals surface area contributed by atoms with Gasteiger partial charge in [-0.2, -0.15) is 0 Å². The van der Waals surface area contributed by atoms with Crippen molar-refractivity contribution in [1.29, 1.82) is 0 Å². The van der Waals surface area contributed by atoms with Crippen molar-refractivity contribution < 1.29 is 14.3 Å². The van der Waals surface area contributed by atoms with E-state index >= 15 is 0 Å². The Hall–Kier alpha value is -1.12. The Morgan fingerprint density at radius 3 is 2.56 bits per heavy atom. The van der Waals surface area contributed by atoms with Crippen LogP contribution >= 0.6 is 0 Å². The molecule has 0 aliphatic carbocycles. The number of cyclic esters (lactones) is 2. The second kappa shape index (κ2) is 5.28. The lowest BCUT2D eigenvalue weighted by Crippen LogP contribution is -2.32. The molecule has 1 fully saturated rings. The summed E-state index contributed by atoms with van der Waals surface area (Å²) in [4.78, 5) is 22.8. The van der Waals surface area contributed by atoms with Gasteiger partial charge in [0.1, 0.15) is 0 Å². The minimum atomic E-state index is -0.381. The zero-order chi connectivity index (χ0) is 12.2. The van der Waals surface area contributed by atoms with Crippen LogP contribution in [-0.2, 0) is 14.3 Å². The highest BCUT2D eigenvalue weighted by atomic mass is 16.6. The summed E-state index contributed by atoms with van der Waals surface area (Å²) in [6.07, 6.45) is 5.66. The molecule has 0 aromatic rings. The van der Waals surface area contributed by atoms with E-state index in [0.29, 0.717) is 0 Å². The molecule has 1 saturated heterocycles. The maximum absolute atomic E-state index is 11.7. The first-order valence-electron chi connectivity index (χ1n) is 5.95. The summed E-state index contributed by atoms with van der Waals surface area (Å²) in [5, 5.41) is 0. The third kappa shape index (κ3) is 2.34. The van der Waals surface area contributed by atoms with Crippen molar-refractivity contribution in [2.24, 2.45) is 11.3 Å². The van der Waals surface area contributed by atoms with Crippen molar-refractivity contribution >= 4 is 11.9 Å². The molecule has 2 unspecified atom stereocenters. The molecule has 1 aliphatic rings. The predicted molar refractivity (Wildman–Crippen MR) is 61.7 cm³/mol. The number of hydrogen-bond donors (Lipinski definition) is 0. The number of hydrogen-bond acceptors (Lipinski definition) is 3. The zero-order valence-corrected chi connectivity index (χ0v) is 10.1. The van der Waals surface area contributed by atoms with Gasteiger partial charge in [-0.1, -0.05) is 26.3 Å². The second-order valence-electron chi connectivity index (χ2n) is 4.51. The highest BCUT2D eigenvalue weighted by molar-refractivity contribution is 5.95. The van der Waals surface area contributed by atoms with E-state index in [1.807, 2.05) is 6.08 Å². The van der Waals surface area contributed by atoms with Crippen LogP contribution < -0.4 is 0 Å². The first-order chi connectivity index (χ1) is 7.59. The van der Waals surface area contributed by atoms with Gasteiger partial charge in [-0.15, -0.1) is 6.58 Å². The molecule has 16 heavy (non-hydrogen) atoms. The summed E-state index contributed by atoms with van der Waals surface area (Å²) >= 11 is 0. The maximum atomic E-state index is 11.7. The number of rotatable bonds is 6. The van der Waals surface area contributed by atoms with E-state index in [2.05, 4.69) is 25.2 Å². The average Bonchev–Trinajstić information content (AvgIpc) is 2.58. The molecule has 0 aromatic heterocycles. The van der Waals surface area contributed by atoms with E-state index in [4.69, 9.17) is 0 Å². The highest BCUT2D eigenvalue weighted by Crippen LogP contribution is 2.45. The van der Waals surface area contributed by atoms with Crippen molar-refractivity contribution in [3.8, 4) is 0 Å². The summed E-state index contributed by atoms with van der Waals surface area (Å²) in [5.41, 5.74) is -0.139. The first kappa shape index (κ1) is 12.9. The minimum Gasteiger partial charge on any atom is -0.393 e. The van der Waals surface area contributed by atoms with Crippen LogP contribution in [0.5, 0.6) is 0 Å². The Morgan fingerprint density at radius 1 is 1.50 bits per heavy atom. The molecule has 0 amide bonds. The monoisotopic (exact) mass is 224 g/mol. The standard InChI is InChI=1S/C13H20O3/c1-4-7-13(6-3,8-5-2)10-9-11(14)16-12(10)15/h4,10H,1,5-9H2,2-3H3. The van der Waals surface area contributed by atoms with Crippen molar-refractivity contribution in [2.75, 3.05) is 0 Å². The molecule has 2 atom stereocenters. The van der Waals surface area contributed by atoms with Gasteiger partial charge in [0.2, 0.25) is 0 Å². The fourth-order valence-corrected chi connectivity index (χ4v) is 2.71. The quantitative estimate of drug-likeness (QED) is 0.396. The number of ether oxygens (including phenoxy) is 1.